The Balaban J connectivity index is 2.20. The Morgan fingerprint density at radius 2 is 1.53 bits per heavy atom. The summed E-state index contributed by atoms with van der Waals surface area (Å²) < 4.78 is 16.6. The quantitative estimate of drug-likeness (QED) is 0.754. The van der Waals surface area contributed by atoms with E-state index in [0.717, 1.165) is 0 Å². The SMILES string of the molecule is O=C(c1ccccc1)c1ccc(OCF)cc1. The molecule has 2 aromatic carbocycles. The molecule has 0 radical (unpaired) electrons. The molecule has 0 atom stereocenters. The Morgan fingerprint density at radius 3 is 2.12 bits per heavy atom. The first-order valence-corrected chi connectivity index (χ1v) is 5.20. The highest BCUT2D eigenvalue weighted by molar-refractivity contribution is 6.08. The molecule has 0 aliphatic rings. The first kappa shape index (κ1) is 11.3. The first-order chi connectivity index (χ1) is 8.31. The third kappa shape index (κ3) is 2.69. The van der Waals surface area contributed by atoms with E-state index < -0.39 is 6.86 Å². The van der Waals surface area contributed by atoms with Crippen LogP contribution in [0.15, 0.2) is 54.6 Å². The lowest BCUT2D eigenvalue weighted by Crippen LogP contribution is -2.00. The fourth-order valence-electron chi connectivity index (χ4n) is 1.52. The summed E-state index contributed by atoms with van der Waals surface area (Å²) in [5, 5.41) is 0. The van der Waals surface area contributed by atoms with Crippen LogP contribution in [0, 0.1) is 0 Å². The van der Waals surface area contributed by atoms with Gasteiger partial charge in [0.2, 0.25) is 6.86 Å². The van der Waals surface area contributed by atoms with Crippen molar-refractivity contribution in [3.63, 3.8) is 0 Å². The normalized spacial score (nSPS) is 9.94. The number of hydrogen-bond donors (Lipinski definition) is 0. The van der Waals surface area contributed by atoms with Gasteiger partial charge in [-0.2, -0.15) is 0 Å². The van der Waals surface area contributed by atoms with E-state index in [1.165, 1.54) is 0 Å². The van der Waals surface area contributed by atoms with E-state index in [2.05, 4.69) is 4.74 Å². The molecule has 2 rings (SSSR count). The largest absolute Gasteiger partial charge is 0.463 e. The zero-order valence-corrected chi connectivity index (χ0v) is 9.10. The highest BCUT2D eigenvalue weighted by Crippen LogP contribution is 2.15. The van der Waals surface area contributed by atoms with Gasteiger partial charge >= 0.3 is 0 Å². The van der Waals surface area contributed by atoms with E-state index in [-0.39, 0.29) is 5.78 Å². The Bertz CT molecular complexity index is 491. The molecule has 0 fully saturated rings. The first-order valence-electron chi connectivity index (χ1n) is 5.20. The average Bonchev–Trinajstić information content (AvgIpc) is 2.40. The van der Waals surface area contributed by atoms with Gasteiger partial charge in [0.05, 0.1) is 0 Å². The van der Waals surface area contributed by atoms with Crippen molar-refractivity contribution in [1.82, 2.24) is 0 Å². The number of benzene rings is 2. The minimum Gasteiger partial charge on any atom is -0.463 e. The van der Waals surface area contributed by atoms with E-state index in [4.69, 9.17) is 0 Å². The summed E-state index contributed by atoms with van der Waals surface area (Å²) in [5.74, 6) is 0.356. The molecular formula is C14H11FO2. The molecular weight excluding hydrogens is 219 g/mol. The van der Waals surface area contributed by atoms with Gasteiger partial charge in [-0.05, 0) is 24.3 Å². The van der Waals surface area contributed by atoms with Crippen LogP contribution in [0.25, 0.3) is 0 Å². The molecule has 3 heteroatoms. The second-order valence-corrected chi connectivity index (χ2v) is 3.47. The van der Waals surface area contributed by atoms with Crippen LogP contribution >= 0.6 is 0 Å². The minimum absolute atomic E-state index is 0.0580. The number of carbonyl (C=O) groups excluding carboxylic acids is 1. The molecule has 0 spiro atoms. The lowest BCUT2D eigenvalue weighted by Gasteiger charge is -2.03. The maximum absolute atomic E-state index is 12.0. The van der Waals surface area contributed by atoms with Crippen molar-refractivity contribution >= 4 is 5.78 Å². The van der Waals surface area contributed by atoms with Crippen LogP contribution in [0.1, 0.15) is 15.9 Å². The van der Waals surface area contributed by atoms with Crippen LogP contribution < -0.4 is 4.74 Å². The molecule has 0 bridgehead atoms. The molecule has 0 aliphatic heterocycles. The van der Waals surface area contributed by atoms with Gasteiger partial charge in [-0.1, -0.05) is 30.3 Å². The molecule has 0 aliphatic carbocycles. The van der Waals surface area contributed by atoms with E-state index in [0.29, 0.717) is 16.9 Å². The summed E-state index contributed by atoms with van der Waals surface area (Å²) >= 11 is 0. The lowest BCUT2D eigenvalue weighted by molar-refractivity contribution is 0.103. The maximum Gasteiger partial charge on any atom is 0.228 e. The van der Waals surface area contributed by atoms with Gasteiger partial charge in [-0.3, -0.25) is 4.79 Å². The van der Waals surface area contributed by atoms with E-state index in [9.17, 15) is 9.18 Å². The van der Waals surface area contributed by atoms with Crippen molar-refractivity contribution in [2.45, 2.75) is 0 Å². The van der Waals surface area contributed by atoms with Crippen molar-refractivity contribution in [1.29, 1.82) is 0 Å². The van der Waals surface area contributed by atoms with Crippen LogP contribution in [0.5, 0.6) is 5.75 Å². The standard InChI is InChI=1S/C14H11FO2/c15-10-17-13-8-6-12(7-9-13)14(16)11-4-2-1-3-5-11/h1-9H,10H2. The minimum atomic E-state index is -0.869. The highest BCUT2D eigenvalue weighted by atomic mass is 19.1. The van der Waals surface area contributed by atoms with Crippen molar-refractivity contribution in [2.75, 3.05) is 6.86 Å². The molecule has 2 nitrogen and oxygen atoms in total. The third-order valence-electron chi connectivity index (χ3n) is 2.37. The summed E-state index contributed by atoms with van der Waals surface area (Å²) in [6, 6.07) is 15.4. The van der Waals surface area contributed by atoms with Crippen molar-refractivity contribution in [2.24, 2.45) is 0 Å². The zero-order valence-electron chi connectivity index (χ0n) is 9.10. The van der Waals surface area contributed by atoms with E-state index in [1.807, 2.05) is 18.2 Å². The summed E-state index contributed by atoms with van der Waals surface area (Å²) in [5.41, 5.74) is 1.19. The van der Waals surface area contributed by atoms with Gasteiger partial charge in [0.25, 0.3) is 0 Å². The van der Waals surface area contributed by atoms with Gasteiger partial charge in [-0.25, -0.2) is 4.39 Å². The second-order valence-electron chi connectivity index (χ2n) is 3.47. The molecule has 17 heavy (non-hydrogen) atoms. The predicted molar refractivity (Wildman–Crippen MR) is 62.9 cm³/mol. The van der Waals surface area contributed by atoms with Crippen LogP contribution in [-0.4, -0.2) is 12.6 Å². The summed E-state index contributed by atoms with van der Waals surface area (Å²) in [4.78, 5) is 12.0. The van der Waals surface area contributed by atoms with Gasteiger partial charge in [-0.15, -0.1) is 0 Å². The number of ketones is 1. The number of alkyl halides is 1. The monoisotopic (exact) mass is 230 g/mol. The number of hydrogen-bond acceptors (Lipinski definition) is 2. The molecule has 0 heterocycles. The van der Waals surface area contributed by atoms with Gasteiger partial charge < -0.3 is 4.74 Å². The Hall–Kier alpha value is -2.16. The topological polar surface area (TPSA) is 26.3 Å². The van der Waals surface area contributed by atoms with Crippen molar-refractivity contribution in [3.05, 3.63) is 65.7 Å². The summed E-state index contributed by atoms with van der Waals surface area (Å²) in [7, 11) is 0. The summed E-state index contributed by atoms with van der Waals surface area (Å²) in [6.45, 7) is -0.869. The number of ether oxygens (including phenoxy) is 1. The molecule has 0 N–H and O–H groups in total. The van der Waals surface area contributed by atoms with Crippen molar-refractivity contribution in [3.8, 4) is 5.75 Å². The molecule has 0 unspecified atom stereocenters. The molecule has 86 valence electrons. The smallest absolute Gasteiger partial charge is 0.228 e. The van der Waals surface area contributed by atoms with Crippen molar-refractivity contribution < 1.29 is 13.9 Å². The van der Waals surface area contributed by atoms with Crippen LogP contribution in [0.3, 0.4) is 0 Å². The predicted octanol–water partition coefficient (Wildman–Crippen LogP) is 3.22. The summed E-state index contributed by atoms with van der Waals surface area (Å²) in [6.07, 6.45) is 0. The number of halogens is 1. The fraction of sp³-hybridized carbons (Fsp3) is 0.0714. The Labute approximate surface area is 98.7 Å². The molecule has 0 aromatic heterocycles. The molecule has 0 saturated carbocycles. The van der Waals surface area contributed by atoms with Gasteiger partial charge in [0.1, 0.15) is 5.75 Å². The van der Waals surface area contributed by atoms with Crippen LogP contribution in [-0.2, 0) is 0 Å². The molecule has 0 amide bonds. The van der Waals surface area contributed by atoms with E-state index >= 15 is 0 Å². The van der Waals surface area contributed by atoms with Gasteiger partial charge in [0.15, 0.2) is 5.78 Å². The highest BCUT2D eigenvalue weighted by Gasteiger charge is 2.07. The second kappa shape index (κ2) is 5.25. The van der Waals surface area contributed by atoms with Gasteiger partial charge in [0, 0.05) is 11.1 Å². The molecule has 0 saturated heterocycles. The molecule has 2 aromatic rings. The number of carbonyl (C=O) groups is 1. The lowest BCUT2D eigenvalue weighted by atomic mass is 10.0. The van der Waals surface area contributed by atoms with Crippen LogP contribution in [0.4, 0.5) is 4.39 Å². The maximum atomic E-state index is 12.0. The Morgan fingerprint density at radius 1 is 0.941 bits per heavy atom. The number of rotatable bonds is 4. The third-order valence-corrected chi connectivity index (χ3v) is 2.37. The average molecular weight is 230 g/mol. The van der Waals surface area contributed by atoms with E-state index in [1.54, 1.807) is 36.4 Å². The van der Waals surface area contributed by atoms with Crippen LogP contribution in [0.2, 0.25) is 0 Å². The zero-order chi connectivity index (χ0) is 12.1. The fourth-order valence-corrected chi connectivity index (χ4v) is 1.52. The Kier molecular flexibility index (Phi) is 3.50.